The summed E-state index contributed by atoms with van der Waals surface area (Å²) in [5, 5.41) is 3.58. The normalized spacial score (nSPS) is 27.2. The van der Waals surface area contributed by atoms with E-state index in [4.69, 9.17) is 4.74 Å². The van der Waals surface area contributed by atoms with E-state index in [2.05, 4.69) is 34.0 Å². The number of nitrogens with zero attached hydrogens (tertiary/aromatic N) is 3. The molecule has 2 fully saturated rings. The molecule has 2 saturated heterocycles. The van der Waals surface area contributed by atoms with Crippen LogP contribution in [0.4, 0.5) is 4.39 Å². The monoisotopic (exact) mass is 376 g/mol. The highest BCUT2D eigenvalue weighted by molar-refractivity contribution is 5.80. The van der Waals surface area contributed by atoms with Crippen LogP contribution in [0.5, 0.6) is 0 Å². The van der Waals surface area contributed by atoms with Crippen molar-refractivity contribution in [2.45, 2.75) is 38.9 Å². The second-order valence-corrected chi connectivity index (χ2v) is 7.78. The number of hydrogen-bond donors (Lipinski definition) is 1. The molecule has 0 radical (unpaired) electrons. The topological polar surface area (TPSA) is 40.1 Å². The van der Waals surface area contributed by atoms with Crippen LogP contribution in [0.2, 0.25) is 0 Å². The Kier molecular flexibility index (Phi) is 7.07. The quantitative estimate of drug-likeness (QED) is 0.634. The molecule has 0 amide bonds. The highest BCUT2D eigenvalue weighted by Crippen LogP contribution is 2.25. The molecule has 1 aromatic rings. The van der Waals surface area contributed by atoms with E-state index in [0.717, 1.165) is 31.2 Å². The fourth-order valence-electron chi connectivity index (χ4n) is 4.15. The summed E-state index contributed by atoms with van der Waals surface area (Å²) >= 11 is 0. The van der Waals surface area contributed by atoms with Crippen molar-refractivity contribution in [3.05, 3.63) is 35.6 Å². The Labute approximate surface area is 162 Å². The lowest BCUT2D eigenvalue weighted by molar-refractivity contribution is -0.0605. The molecular weight excluding hydrogens is 343 g/mol. The third kappa shape index (κ3) is 5.42. The van der Waals surface area contributed by atoms with Gasteiger partial charge in [-0.25, -0.2) is 4.39 Å². The van der Waals surface area contributed by atoms with Gasteiger partial charge in [-0.15, -0.1) is 0 Å². The van der Waals surface area contributed by atoms with Crippen molar-refractivity contribution in [1.29, 1.82) is 0 Å². The fraction of sp³-hybridized carbons (Fsp3) is 0.667. The Hall–Kier alpha value is -1.66. The molecule has 2 heterocycles. The van der Waals surface area contributed by atoms with Gasteiger partial charge in [0.15, 0.2) is 5.96 Å². The minimum absolute atomic E-state index is 0.0700. The summed E-state index contributed by atoms with van der Waals surface area (Å²) < 4.78 is 19.3. The number of nitrogens with one attached hydrogen (secondary N) is 1. The summed E-state index contributed by atoms with van der Waals surface area (Å²) in [6.07, 6.45) is 2.50. The van der Waals surface area contributed by atoms with E-state index in [-0.39, 0.29) is 18.0 Å². The van der Waals surface area contributed by atoms with Crippen molar-refractivity contribution in [1.82, 2.24) is 15.1 Å². The molecule has 2 aliphatic heterocycles. The van der Waals surface area contributed by atoms with Crippen LogP contribution in [0.25, 0.3) is 0 Å². The lowest BCUT2D eigenvalue weighted by Crippen LogP contribution is -2.51. The summed E-state index contributed by atoms with van der Waals surface area (Å²) in [6.45, 7) is 10.4. The molecule has 2 aliphatic rings. The second-order valence-electron chi connectivity index (χ2n) is 7.78. The first-order valence-electron chi connectivity index (χ1n) is 10.2. The summed E-state index contributed by atoms with van der Waals surface area (Å²) in [6, 6.07) is 6.62. The molecule has 0 aromatic heterocycles. The van der Waals surface area contributed by atoms with Crippen molar-refractivity contribution < 1.29 is 9.13 Å². The first kappa shape index (κ1) is 20.1. The number of hydrogen-bond acceptors (Lipinski definition) is 3. The van der Waals surface area contributed by atoms with E-state index in [9.17, 15) is 4.39 Å². The van der Waals surface area contributed by atoms with Gasteiger partial charge >= 0.3 is 0 Å². The Morgan fingerprint density at radius 3 is 2.74 bits per heavy atom. The maximum Gasteiger partial charge on any atom is 0.193 e. The molecule has 27 heavy (non-hydrogen) atoms. The molecule has 0 aliphatic carbocycles. The van der Waals surface area contributed by atoms with Gasteiger partial charge in [-0.2, -0.15) is 0 Å². The number of rotatable bonds is 5. The van der Waals surface area contributed by atoms with E-state index in [1.165, 1.54) is 44.6 Å². The van der Waals surface area contributed by atoms with Crippen LogP contribution in [-0.4, -0.2) is 68.2 Å². The lowest BCUT2D eigenvalue weighted by Gasteiger charge is -2.39. The minimum atomic E-state index is -0.217. The lowest BCUT2D eigenvalue weighted by atomic mass is 10.1. The number of likely N-dealkylation sites (tertiary alicyclic amines) is 1. The molecule has 3 atom stereocenters. The fourth-order valence-corrected chi connectivity index (χ4v) is 4.15. The molecule has 150 valence electrons. The Bertz CT molecular complexity index is 621. The van der Waals surface area contributed by atoms with Gasteiger partial charge in [-0.3, -0.25) is 4.99 Å². The van der Waals surface area contributed by atoms with Crippen LogP contribution < -0.4 is 5.32 Å². The summed E-state index contributed by atoms with van der Waals surface area (Å²) in [5.41, 5.74) is 1.01. The van der Waals surface area contributed by atoms with Crippen molar-refractivity contribution in [2.24, 2.45) is 10.9 Å². The van der Waals surface area contributed by atoms with Gasteiger partial charge in [-0.05, 0) is 56.5 Å². The average molecular weight is 377 g/mol. The van der Waals surface area contributed by atoms with Crippen LogP contribution in [0.3, 0.4) is 0 Å². The van der Waals surface area contributed by atoms with Gasteiger partial charge in [-0.1, -0.05) is 19.1 Å². The Morgan fingerprint density at radius 2 is 2.04 bits per heavy atom. The van der Waals surface area contributed by atoms with Crippen LogP contribution in [0, 0.1) is 11.7 Å². The zero-order valence-electron chi connectivity index (χ0n) is 16.8. The van der Waals surface area contributed by atoms with Crippen LogP contribution in [0.15, 0.2) is 29.3 Å². The predicted molar refractivity (Wildman–Crippen MR) is 107 cm³/mol. The molecule has 1 N–H and O–H groups in total. The molecule has 3 rings (SSSR count). The number of ether oxygens (including phenoxy) is 1. The number of morpholine rings is 1. The van der Waals surface area contributed by atoms with Crippen molar-refractivity contribution in [2.75, 3.05) is 46.3 Å². The third-order valence-corrected chi connectivity index (χ3v) is 5.47. The van der Waals surface area contributed by atoms with Gasteiger partial charge in [0.25, 0.3) is 0 Å². The van der Waals surface area contributed by atoms with E-state index in [0.29, 0.717) is 5.92 Å². The largest absolute Gasteiger partial charge is 0.367 e. The van der Waals surface area contributed by atoms with Gasteiger partial charge in [0.05, 0.1) is 12.6 Å². The smallest absolute Gasteiger partial charge is 0.193 e. The van der Waals surface area contributed by atoms with Gasteiger partial charge in [0.2, 0.25) is 0 Å². The first-order valence-corrected chi connectivity index (χ1v) is 10.2. The zero-order valence-corrected chi connectivity index (χ0v) is 16.8. The Balaban J connectivity index is 1.57. The number of guanidine groups is 1. The maximum atomic E-state index is 13.2. The van der Waals surface area contributed by atoms with Crippen LogP contribution in [-0.2, 0) is 4.74 Å². The molecule has 5 nitrogen and oxygen atoms in total. The minimum Gasteiger partial charge on any atom is -0.367 e. The molecule has 3 unspecified atom stereocenters. The van der Waals surface area contributed by atoms with Crippen LogP contribution in [0.1, 0.15) is 38.4 Å². The van der Waals surface area contributed by atoms with E-state index >= 15 is 0 Å². The number of halogens is 1. The van der Waals surface area contributed by atoms with Crippen LogP contribution >= 0.6 is 0 Å². The summed E-state index contributed by atoms with van der Waals surface area (Å²) in [4.78, 5) is 9.32. The second kappa shape index (κ2) is 9.51. The first-order chi connectivity index (χ1) is 13.1. The van der Waals surface area contributed by atoms with Crippen molar-refractivity contribution in [3.63, 3.8) is 0 Å². The van der Waals surface area contributed by atoms with E-state index in [1.54, 1.807) is 0 Å². The SMILES string of the molecule is CCCN1CCC(CNC(=NC)N2CC(C)OC(c3ccc(F)cc3)C2)C1. The van der Waals surface area contributed by atoms with Gasteiger partial charge < -0.3 is 19.9 Å². The van der Waals surface area contributed by atoms with Crippen molar-refractivity contribution >= 4 is 5.96 Å². The van der Waals surface area contributed by atoms with Crippen molar-refractivity contribution in [3.8, 4) is 0 Å². The zero-order chi connectivity index (χ0) is 19.2. The molecule has 0 saturated carbocycles. The molecule has 1 aromatic carbocycles. The highest BCUT2D eigenvalue weighted by atomic mass is 19.1. The molecular formula is C21H33FN4O. The van der Waals surface area contributed by atoms with Gasteiger partial charge in [0, 0.05) is 26.7 Å². The van der Waals surface area contributed by atoms with E-state index in [1.807, 2.05) is 19.2 Å². The van der Waals surface area contributed by atoms with Gasteiger partial charge in [0.1, 0.15) is 11.9 Å². The summed E-state index contributed by atoms with van der Waals surface area (Å²) in [7, 11) is 1.84. The average Bonchev–Trinajstić information content (AvgIpc) is 3.10. The number of benzene rings is 1. The third-order valence-electron chi connectivity index (χ3n) is 5.47. The molecule has 0 bridgehead atoms. The standard InChI is InChI=1S/C21H33FN4O/c1-4-10-25-11-9-17(14-25)12-24-21(23-3)26-13-16(2)27-20(15-26)18-5-7-19(22)8-6-18/h5-8,16-17,20H,4,9-15H2,1-3H3,(H,23,24). The highest BCUT2D eigenvalue weighted by Gasteiger charge is 2.29. The number of aliphatic imine (C=N–C) groups is 1. The van der Waals surface area contributed by atoms with E-state index < -0.39 is 0 Å². The Morgan fingerprint density at radius 1 is 1.26 bits per heavy atom. The maximum absolute atomic E-state index is 13.2. The molecule has 0 spiro atoms. The summed E-state index contributed by atoms with van der Waals surface area (Å²) in [5.74, 6) is 1.40. The predicted octanol–water partition coefficient (Wildman–Crippen LogP) is 2.89. The molecule has 6 heteroatoms.